The molecule has 0 aliphatic heterocycles. The van der Waals surface area contributed by atoms with Crippen LogP contribution < -0.4 is 14.8 Å². The van der Waals surface area contributed by atoms with Gasteiger partial charge in [0.25, 0.3) is 0 Å². The molecule has 0 fully saturated rings. The molecule has 5 nitrogen and oxygen atoms in total. The zero-order valence-electron chi connectivity index (χ0n) is 10.2. The number of methoxy groups -OCH3 is 2. The summed E-state index contributed by atoms with van der Waals surface area (Å²) >= 11 is 6.08. The normalized spacial score (nSPS) is 10.2. The second kappa shape index (κ2) is 5.64. The van der Waals surface area contributed by atoms with E-state index in [0.717, 1.165) is 11.5 Å². The van der Waals surface area contributed by atoms with E-state index in [1.807, 2.05) is 0 Å². The predicted molar refractivity (Wildman–Crippen MR) is 70.5 cm³/mol. The number of rotatable bonds is 5. The number of hydrogen-bond donors (Lipinski definition) is 2. The molecule has 6 heteroatoms. The molecule has 0 spiro atoms. The first-order valence-corrected chi connectivity index (χ1v) is 5.76. The van der Waals surface area contributed by atoms with Gasteiger partial charge in [0.1, 0.15) is 17.3 Å². The molecule has 0 bridgehead atoms. The van der Waals surface area contributed by atoms with E-state index in [2.05, 4.69) is 15.3 Å². The van der Waals surface area contributed by atoms with Gasteiger partial charge in [0, 0.05) is 18.5 Å². The van der Waals surface area contributed by atoms with E-state index in [-0.39, 0.29) is 0 Å². The number of aromatic amines is 1. The van der Waals surface area contributed by atoms with Crippen LogP contribution in [0.1, 0.15) is 5.82 Å². The molecule has 0 atom stereocenters. The largest absolute Gasteiger partial charge is 0.495 e. The Bertz CT molecular complexity index is 514. The fourth-order valence-electron chi connectivity index (χ4n) is 1.57. The first kappa shape index (κ1) is 12.6. The van der Waals surface area contributed by atoms with Gasteiger partial charge in [0.15, 0.2) is 0 Å². The van der Waals surface area contributed by atoms with Crippen LogP contribution in [-0.4, -0.2) is 24.2 Å². The third-order valence-electron chi connectivity index (χ3n) is 2.48. The van der Waals surface area contributed by atoms with E-state index in [1.165, 1.54) is 0 Å². The van der Waals surface area contributed by atoms with Crippen molar-refractivity contribution in [3.05, 3.63) is 35.4 Å². The maximum atomic E-state index is 6.08. The molecule has 2 N–H and O–H groups in total. The van der Waals surface area contributed by atoms with Crippen LogP contribution in [-0.2, 0) is 6.54 Å². The predicted octanol–water partition coefficient (Wildman–Crippen LogP) is 2.69. The number of benzene rings is 1. The molecule has 0 saturated carbocycles. The number of nitrogens with zero attached hydrogens (tertiary/aromatic N) is 1. The molecule has 2 rings (SSSR count). The van der Waals surface area contributed by atoms with Gasteiger partial charge in [-0.2, -0.15) is 0 Å². The van der Waals surface area contributed by atoms with Crippen LogP contribution in [0.5, 0.6) is 11.5 Å². The summed E-state index contributed by atoms with van der Waals surface area (Å²) in [7, 11) is 3.16. The second-order valence-corrected chi connectivity index (χ2v) is 3.98. The highest BCUT2D eigenvalue weighted by Crippen LogP contribution is 2.35. The Kier molecular flexibility index (Phi) is 3.94. The van der Waals surface area contributed by atoms with Crippen molar-refractivity contribution in [2.45, 2.75) is 6.54 Å². The Hall–Kier alpha value is -1.88. The van der Waals surface area contributed by atoms with Crippen LogP contribution in [0, 0.1) is 0 Å². The Morgan fingerprint density at radius 1 is 1.28 bits per heavy atom. The van der Waals surface area contributed by atoms with Crippen LogP contribution in [0.2, 0.25) is 5.02 Å². The van der Waals surface area contributed by atoms with E-state index in [9.17, 15) is 0 Å². The summed E-state index contributed by atoms with van der Waals surface area (Å²) in [6, 6.07) is 3.51. The van der Waals surface area contributed by atoms with Crippen molar-refractivity contribution >= 4 is 17.3 Å². The zero-order chi connectivity index (χ0) is 13.0. The third-order valence-corrected chi connectivity index (χ3v) is 2.77. The number of imidazole rings is 1. The molecule has 2 aromatic rings. The Morgan fingerprint density at radius 3 is 2.67 bits per heavy atom. The van der Waals surface area contributed by atoms with Gasteiger partial charge >= 0.3 is 0 Å². The fourth-order valence-corrected chi connectivity index (χ4v) is 1.81. The smallest absolute Gasteiger partial charge is 0.145 e. The molecular weight excluding hydrogens is 254 g/mol. The minimum atomic E-state index is 0.528. The highest BCUT2D eigenvalue weighted by molar-refractivity contribution is 6.32. The number of hydrogen-bond acceptors (Lipinski definition) is 4. The van der Waals surface area contributed by atoms with Crippen molar-refractivity contribution in [2.24, 2.45) is 0 Å². The van der Waals surface area contributed by atoms with Gasteiger partial charge in [0.2, 0.25) is 0 Å². The summed E-state index contributed by atoms with van der Waals surface area (Å²) in [5.41, 5.74) is 0.791. The van der Waals surface area contributed by atoms with Gasteiger partial charge in [-0.1, -0.05) is 11.6 Å². The zero-order valence-corrected chi connectivity index (χ0v) is 10.9. The van der Waals surface area contributed by atoms with Gasteiger partial charge < -0.3 is 19.8 Å². The van der Waals surface area contributed by atoms with Crippen LogP contribution >= 0.6 is 11.6 Å². The number of anilines is 1. The van der Waals surface area contributed by atoms with Gasteiger partial charge in [-0.05, 0) is 6.07 Å². The molecule has 1 aromatic carbocycles. The molecule has 0 aliphatic rings. The average Bonchev–Trinajstić information content (AvgIpc) is 2.89. The van der Waals surface area contributed by atoms with E-state index >= 15 is 0 Å². The average molecular weight is 268 g/mol. The maximum absolute atomic E-state index is 6.08. The van der Waals surface area contributed by atoms with Gasteiger partial charge in [-0.25, -0.2) is 4.98 Å². The standard InChI is InChI=1S/C12H14ClN3O2/c1-17-10-6-11(18-2)9(5-8(10)13)16-7-12-14-3-4-15-12/h3-6,16H,7H2,1-2H3,(H,14,15). The monoisotopic (exact) mass is 267 g/mol. The van der Waals surface area contributed by atoms with Gasteiger partial charge in [-0.3, -0.25) is 0 Å². The van der Waals surface area contributed by atoms with Crippen LogP contribution in [0.4, 0.5) is 5.69 Å². The van der Waals surface area contributed by atoms with Crippen molar-refractivity contribution in [2.75, 3.05) is 19.5 Å². The maximum Gasteiger partial charge on any atom is 0.145 e. The summed E-state index contributed by atoms with van der Waals surface area (Å²) in [4.78, 5) is 7.14. The van der Waals surface area contributed by atoms with Crippen molar-refractivity contribution in [1.82, 2.24) is 9.97 Å². The fraction of sp³-hybridized carbons (Fsp3) is 0.250. The first-order valence-electron chi connectivity index (χ1n) is 5.38. The summed E-state index contributed by atoms with van der Waals surface area (Å²) in [6.45, 7) is 0.562. The lowest BCUT2D eigenvalue weighted by Gasteiger charge is -2.13. The number of halogens is 1. The first-order chi connectivity index (χ1) is 8.74. The molecule has 0 aliphatic carbocycles. The van der Waals surface area contributed by atoms with Crippen molar-refractivity contribution < 1.29 is 9.47 Å². The minimum absolute atomic E-state index is 0.528. The molecular formula is C12H14ClN3O2. The van der Waals surface area contributed by atoms with Gasteiger partial charge in [-0.15, -0.1) is 0 Å². The van der Waals surface area contributed by atoms with E-state index < -0.39 is 0 Å². The lowest BCUT2D eigenvalue weighted by atomic mass is 10.2. The lowest BCUT2D eigenvalue weighted by molar-refractivity contribution is 0.395. The third kappa shape index (κ3) is 2.68. The molecule has 0 radical (unpaired) electrons. The van der Waals surface area contributed by atoms with E-state index in [1.54, 1.807) is 38.7 Å². The summed E-state index contributed by atoms with van der Waals surface area (Å²) < 4.78 is 10.4. The molecule has 18 heavy (non-hydrogen) atoms. The summed E-state index contributed by atoms with van der Waals surface area (Å²) in [6.07, 6.45) is 3.48. The molecule has 96 valence electrons. The Morgan fingerprint density at radius 2 is 2.06 bits per heavy atom. The van der Waals surface area contributed by atoms with Crippen LogP contribution in [0.3, 0.4) is 0 Å². The van der Waals surface area contributed by atoms with Crippen LogP contribution in [0.15, 0.2) is 24.5 Å². The number of ether oxygens (including phenoxy) is 2. The Labute approximate surface area is 110 Å². The highest BCUT2D eigenvalue weighted by atomic mass is 35.5. The van der Waals surface area contributed by atoms with Crippen LogP contribution in [0.25, 0.3) is 0 Å². The number of nitrogens with one attached hydrogen (secondary N) is 2. The van der Waals surface area contributed by atoms with Crippen molar-refractivity contribution in [3.63, 3.8) is 0 Å². The SMILES string of the molecule is COc1cc(OC)c(NCc2ncc[nH]2)cc1Cl. The van der Waals surface area contributed by atoms with Crippen molar-refractivity contribution in [3.8, 4) is 11.5 Å². The Balaban J connectivity index is 2.18. The van der Waals surface area contributed by atoms with E-state index in [0.29, 0.717) is 23.1 Å². The highest BCUT2D eigenvalue weighted by Gasteiger charge is 2.09. The molecule has 1 aromatic heterocycles. The van der Waals surface area contributed by atoms with Crippen molar-refractivity contribution in [1.29, 1.82) is 0 Å². The summed E-state index contributed by atoms with van der Waals surface area (Å²) in [5, 5.41) is 3.73. The molecule has 0 saturated heterocycles. The minimum Gasteiger partial charge on any atom is -0.495 e. The lowest BCUT2D eigenvalue weighted by Crippen LogP contribution is -2.03. The molecule has 1 heterocycles. The number of H-pyrrole nitrogens is 1. The quantitative estimate of drug-likeness (QED) is 0.874. The summed E-state index contributed by atoms with van der Waals surface area (Å²) in [5.74, 6) is 2.09. The number of aromatic nitrogens is 2. The molecule has 0 unspecified atom stereocenters. The molecule has 0 amide bonds. The topological polar surface area (TPSA) is 59.2 Å². The second-order valence-electron chi connectivity index (χ2n) is 3.58. The van der Waals surface area contributed by atoms with E-state index in [4.69, 9.17) is 21.1 Å². The van der Waals surface area contributed by atoms with Gasteiger partial charge in [0.05, 0.1) is 31.5 Å².